The zero-order valence-electron chi connectivity index (χ0n) is 13.3. The number of thiophene rings is 1. The number of hydrogen-bond acceptors (Lipinski definition) is 5. The van der Waals surface area contributed by atoms with E-state index in [0.29, 0.717) is 5.92 Å². The summed E-state index contributed by atoms with van der Waals surface area (Å²) in [6.07, 6.45) is 2.19. The molecule has 0 atom stereocenters. The first-order chi connectivity index (χ1) is 11.8. The minimum absolute atomic E-state index is 0.0462. The Hall–Kier alpha value is -1.92. The zero-order valence-corrected chi connectivity index (χ0v) is 14.9. The first-order valence-corrected chi connectivity index (χ1v) is 9.96. The molecule has 1 fully saturated rings. The van der Waals surface area contributed by atoms with E-state index >= 15 is 0 Å². The molecule has 3 aromatic rings. The monoisotopic (exact) mass is 357 g/mol. The molecule has 24 heavy (non-hydrogen) atoms. The van der Waals surface area contributed by atoms with Crippen molar-refractivity contribution in [2.24, 2.45) is 5.92 Å². The van der Waals surface area contributed by atoms with Crippen molar-refractivity contribution in [2.75, 3.05) is 24.5 Å². The molecular formula is C18H19N3OS2. The molecule has 1 N–H and O–H groups in total. The molecule has 1 amide bonds. The normalized spacial score (nSPS) is 15.8. The van der Waals surface area contributed by atoms with Crippen LogP contribution in [-0.2, 0) is 0 Å². The van der Waals surface area contributed by atoms with Crippen molar-refractivity contribution < 1.29 is 4.79 Å². The summed E-state index contributed by atoms with van der Waals surface area (Å²) in [5, 5.41) is 8.02. The lowest BCUT2D eigenvalue weighted by atomic mass is 9.97. The van der Waals surface area contributed by atoms with Gasteiger partial charge in [-0.1, -0.05) is 23.5 Å². The first-order valence-electron chi connectivity index (χ1n) is 8.20. The summed E-state index contributed by atoms with van der Waals surface area (Å²) in [7, 11) is 0. The Kier molecular flexibility index (Phi) is 4.49. The second kappa shape index (κ2) is 6.91. The van der Waals surface area contributed by atoms with Crippen LogP contribution in [0.5, 0.6) is 0 Å². The van der Waals surface area contributed by atoms with E-state index in [1.807, 2.05) is 22.9 Å². The predicted molar refractivity (Wildman–Crippen MR) is 101 cm³/mol. The molecule has 1 saturated heterocycles. The van der Waals surface area contributed by atoms with Crippen LogP contribution in [0.15, 0.2) is 41.1 Å². The van der Waals surface area contributed by atoms with Gasteiger partial charge in [0, 0.05) is 30.6 Å². The average molecular weight is 358 g/mol. The van der Waals surface area contributed by atoms with Crippen LogP contribution in [0.3, 0.4) is 0 Å². The van der Waals surface area contributed by atoms with E-state index in [1.54, 1.807) is 22.7 Å². The van der Waals surface area contributed by atoms with Gasteiger partial charge in [0.25, 0.3) is 5.91 Å². The van der Waals surface area contributed by atoms with Gasteiger partial charge < -0.3 is 10.2 Å². The summed E-state index contributed by atoms with van der Waals surface area (Å²) in [5.74, 6) is 0.600. The smallest absolute Gasteiger partial charge is 0.252 e. The van der Waals surface area contributed by atoms with Crippen LogP contribution in [0, 0.1) is 5.92 Å². The van der Waals surface area contributed by atoms with E-state index in [1.165, 1.54) is 4.70 Å². The third kappa shape index (κ3) is 3.30. The average Bonchev–Trinajstić information content (AvgIpc) is 3.29. The quantitative estimate of drug-likeness (QED) is 0.767. The number of benzene rings is 1. The first kappa shape index (κ1) is 15.6. The highest BCUT2D eigenvalue weighted by molar-refractivity contribution is 7.22. The van der Waals surface area contributed by atoms with E-state index in [9.17, 15) is 4.79 Å². The van der Waals surface area contributed by atoms with Crippen LogP contribution in [0.4, 0.5) is 5.13 Å². The second-order valence-corrected chi connectivity index (χ2v) is 7.91. The number of aromatic nitrogens is 1. The number of amides is 1. The van der Waals surface area contributed by atoms with Crippen molar-refractivity contribution in [1.29, 1.82) is 0 Å². The highest BCUT2D eigenvalue weighted by atomic mass is 32.1. The third-order valence-corrected chi connectivity index (χ3v) is 6.28. The number of anilines is 1. The fourth-order valence-electron chi connectivity index (χ4n) is 3.06. The van der Waals surface area contributed by atoms with Gasteiger partial charge >= 0.3 is 0 Å². The fraction of sp³-hybridized carbons (Fsp3) is 0.333. The molecule has 1 aliphatic rings. The topological polar surface area (TPSA) is 45.2 Å². The molecule has 0 saturated carbocycles. The Morgan fingerprint density at radius 1 is 1.25 bits per heavy atom. The number of piperidine rings is 1. The summed E-state index contributed by atoms with van der Waals surface area (Å²) < 4.78 is 1.25. The summed E-state index contributed by atoms with van der Waals surface area (Å²) in [4.78, 5) is 19.1. The Morgan fingerprint density at radius 2 is 2.08 bits per heavy atom. The fourth-order valence-corrected chi connectivity index (χ4v) is 4.71. The molecule has 0 bridgehead atoms. The van der Waals surface area contributed by atoms with Gasteiger partial charge in [-0.2, -0.15) is 11.3 Å². The number of nitrogens with zero attached hydrogens (tertiary/aromatic N) is 2. The highest BCUT2D eigenvalue weighted by Crippen LogP contribution is 2.31. The Morgan fingerprint density at radius 3 is 2.83 bits per heavy atom. The van der Waals surface area contributed by atoms with Gasteiger partial charge in [0.1, 0.15) is 0 Å². The second-order valence-electron chi connectivity index (χ2n) is 6.12. The molecule has 1 aliphatic heterocycles. The van der Waals surface area contributed by atoms with Crippen LogP contribution in [0.1, 0.15) is 23.2 Å². The summed E-state index contributed by atoms with van der Waals surface area (Å²) in [5.41, 5.74) is 1.86. The summed E-state index contributed by atoms with van der Waals surface area (Å²) in [6, 6.07) is 10.2. The SMILES string of the molecule is O=C(NCC1CCN(c2nc3ccccc3s2)CC1)c1ccsc1. The van der Waals surface area contributed by atoms with Gasteiger partial charge in [0.15, 0.2) is 5.13 Å². The zero-order chi connectivity index (χ0) is 16.4. The third-order valence-electron chi connectivity index (χ3n) is 4.50. The van der Waals surface area contributed by atoms with Crippen molar-refractivity contribution in [3.8, 4) is 0 Å². The number of nitrogens with one attached hydrogen (secondary N) is 1. The van der Waals surface area contributed by atoms with E-state index in [4.69, 9.17) is 4.98 Å². The number of carbonyl (C=O) groups is 1. The molecule has 0 spiro atoms. The van der Waals surface area contributed by atoms with Crippen molar-refractivity contribution in [1.82, 2.24) is 10.3 Å². The lowest BCUT2D eigenvalue weighted by Crippen LogP contribution is -2.38. The largest absolute Gasteiger partial charge is 0.352 e. The van der Waals surface area contributed by atoms with E-state index < -0.39 is 0 Å². The number of hydrogen-bond donors (Lipinski definition) is 1. The maximum Gasteiger partial charge on any atom is 0.252 e. The molecule has 2 aromatic heterocycles. The van der Waals surface area contributed by atoms with Crippen LogP contribution in [-0.4, -0.2) is 30.5 Å². The van der Waals surface area contributed by atoms with E-state index in [0.717, 1.165) is 48.7 Å². The molecular weight excluding hydrogens is 338 g/mol. The molecule has 1 aromatic carbocycles. The molecule has 0 aliphatic carbocycles. The van der Waals surface area contributed by atoms with E-state index in [-0.39, 0.29) is 5.91 Å². The lowest BCUT2D eigenvalue weighted by molar-refractivity contribution is 0.0945. The number of thiazole rings is 1. The van der Waals surface area contributed by atoms with Crippen LogP contribution >= 0.6 is 22.7 Å². The number of para-hydroxylation sites is 1. The minimum Gasteiger partial charge on any atom is -0.352 e. The highest BCUT2D eigenvalue weighted by Gasteiger charge is 2.22. The Balaban J connectivity index is 1.31. The summed E-state index contributed by atoms with van der Waals surface area (Å²) in [6.45, 7) is 2.79. The van der Waals surface area contributed by atoms with E-state index in [2.05, 4.69) is 28.4 Å². The van der Waals surface area contributed by atoms with Crippen LogP contribution < -0.4 is 10.2 Å². The maximum absolute atomic E-state index is 12.0. The maximum atomic E-state index is 12.0. The Bertz CT molecular complexity index is 787. The van der Waals surface area contributed by atoms with Gasteiger partial charge in [0.05, 0.1) is 10.2 Å². The van der Waals surface area contributed by atoms with Crippen molar-refractivity contribution in [3.63, 3.8) is 0 Å². The van der Waals surface area contributed by atoms with Gasteiger partial charge in [-0.3, -0.25) is 4.79 Å². The molecule has 3 heterocycles. The molecule has 6 heteroatoms. The summed E-state index contributed by atoms with van der Waals surface area (Å²) >= 11 is 3.32. The molecule has 124 valence electrons. The predicted octanol–water partition coefficient (Wildman–Crippen LogP) is 4.00. The lowest BCUT2D eigenvalue weighted by Gasteiger charge is -2.31. The number of rotatable bonds is 4. The van der Waals surface area contributed by atoms with Crippen molar-refractivity contribution in [2.45, 2.75) is 12.8 Å². The van der Waals surface area contributed by atoms with Crippen LogP contribution in [0.2, 0.25) is 0 Å². The van der Waals surface area contributed by atoms with Gasteiger partial charge in [-0.15, -0.1) is 0 Å². The number of fused-ring (bicyclic) bond motifs is 1. The molecule has 0 unspecified atom stereocenters. The molecule has 4 nitrogen and oxygen atoms in total. The van der Waals surface area contributed by atoms with Crippen molar-refractivity contribution >= 4 is 43.9 Å². The Labute approximate surface area is 149 Å². The standard InChI is InChI=1S/C18H19N3OS2/c22-17(14-7-10-23-12-14)19-11-13-5-8-21(9-6-13)18-20-15-3-1-2-4-16(15)24-18/h1-4,7,10,12-13H,5-6,8-9,11H2,(H,19,22). The molecule has 4 rings (SSSR count). The van der Waals surface area contributed by atoms with Crippen LogP contribution in [0.25, 0.3) is 10.2 Å². The minimum atomic E-state index is 0.0462. The van der Waals surface area contributed by atoms with Gasteiger partial charge in [-0.05, 0) is 42.3 Å². The van der Waals surface area contributed by atoms with Gasteiger partial charge in [-0.25, -0.2) is 4.98 Å². The van der Waals surface area contributed by atoms with Gasteiger partial charge in [0.2, 0.25) is 0 Å². The van der Waals surface area contributed by atoms with Crippen molar-refractivity contribution in [3.05, 3.63) is 46.7 Å². The number of carbonyl (C=O) groups excluding carboxylic acids is 1. The molecule has 0 radical (unpaired) electrons.